The molecule has 2 aliphatic rings. The lowest BCUT2D eigenvalue weighted by molar-refractivity contribution is -0.0266. The monoisotopic (exact) mass is 186 g/mol. The van der Waals surface area contributed by atoms with Crippen molar-refractivity contribution in [2.24, 2.45) is 5.41 Å². The molecule has 3 heteroatoms. The van der Waals surface area contributed by atoms with Crippen LogP contribution in [0, 0.1) is 5.41 Å². The number of hydrogen-bond donors (Lipinski definition) is 2. The molecular formula is C10H22N2O. The second-order valence-corrected chi connectivity index (χ2v) is 3.67. The Hall–Kier alpha value is -0.120. The Balaban J connectivity index is 0.000000396. The van der Waals surface area contributed by atoms with Crippen LogP contribution in [-0.2, 0) is 4.74 Å². The van der Waals surface area contributed by atoms with Crippen LogP contribution in [0.1, 0.15) is 26.7 Å². The maximum atomic E-state index is 5.42. The first kappa shape index (κ1) is 11.0. The lowest BCUT2D eigenvalue weighted by Gasteiger charge is -2.40. The molecule has 2 fully saturated rings. The Bertz CT molecular complexity index is 107. The zero-order chi connectivity index (χ0) is 9.57. The Morgan fingerprint density at radius 1 is 1.08 bits per heavy atom. The first-order valence-electron chi connectivity index (χ1n) is 5.41. The molecule has 2 heterocycles. The zero-order valence-electron chi connectivity index (χ0n) is 8.86. The van der Waals surface area contributed by atoms with Gasteiger partial charge in [0.1, 0.15) is 0 Å². The molecule has 0 bridgehead atoms. The summed E-state index contributed by atoms with van der Waals surface area (Å²) in [5.74, 6) is 0. The van der Waals surface area contributed by atoms with Crippen molar-refractivity contribution in [2.45, 2.75) is 26.7 Å². The lowest BCUT2D eigenvalue weighted by atomic mass is 9.79. The zero-order valence-corrected chi connectivity index (χ0v) is 8.86. The van der Waals surface area contributed by atoms with E-state index in [9.17, 15) is 0 Å². The van der Waals surface area contributed by atoms with E-state index in [1.54, 1.807) is 0 Å². The van der Waals surface area contributed by atoms with Gasteiger partial charge in [-0.25, -0.2) is 0 Å². The van der Waals surface area contributed by atoms with Gasteiger partial charge in [-0.15, -0.1) is 0 Å². The topological polar surface area (TPSA) is 33.3 Å². The summed E-state index contributed by atoms with van der Waals surface area (Å²) < 4.78 is 5.42. The normalized spacial score (nSPS) is 26.3. The average molecular weight is 186 g/mol. The van der Waals surface area contributed by atoms with E-state index in [0.717, 1.165) is 33.0 Å². The molecule has 0 saturated carbocycles. The molecular weight excluding hydrogens is 164 g/mol. The van der Waals surface area contributed by atoms with Gasteiger partial charge in [0.15, 0.2) is 0 Å². The Morgan fingerprint density at radius 3 is 2.31 bits per heavy atom. The van der Waals surface area contributed by atoms with Gasteiger partial charge < -0.3 is 10.1 Å². The van der Waals surface area contributed by atoms with Gasteiger partial charge in [0.2, 0.25) is 0 Å². The highest BCUT2D eigenvalue weighted by Gasteiger charge is 2.33. The highest BCUT2D eigenvalue weighted by molar-refractivity contribution is 4.87. The van der Waals surface area contributed by atoms with Gasteiger partial charge in [0.25, 0.3) is 0 Å². The first-order chi connectivity index (χ1) is 6.41. The van der Waals surface area contributed by atoms with Gasteiger partial charge in [0, 0.05) is 12.0 Å². The fraction of sp³-hybridized carbons (Fsp3) is 1.00. The molecule has 2 aliphatic heterocycles. The number of rotatable bonds is 0. The van der Waals surface area contributed by atoms with E-state index in [0.29, 0.717) is 5.41 Å². The minimum atomic E-state index is 0.462. The summed E-state index contributed by atoms with van der Waals surface area (Å²) in [7, 11) is 0. The quantitative estimate of drug-likeness (QED) is 0.591. The van der Waals surface area contributed by atoms with Crippen molar-refractivity contribution in [3.8, 4) is 0 Å². The molecule has 2 rings (SSSR count). The van der Waals surface area contributed by atoms with Gasteiger partial charge in [-0.1, -0.05) is 13.8 Å². The van der Waals surface area contributed by atoms with Crippen LogP contribution in [0.2, 0.25) is 0 Å². The second kappa shape index (κ2) is 5.58. The third-order valence-corrected chi connectivity index (χ3v) is 2.78. The molecule has 2 N–H and O–H groups in total. The molecule has 0 amide bonds. The number of piperidine rings is 1. The minimum Gasteiger partial charge on any atom is -0.366 e. The van der Waals surface area contributed by atoms with Gasteiger partial charge in [-0.2, -0.15) is 0 Å². The van der Waals surface area contributed by atoms with Crippen molar-refractivity contribution in [1.29, 1.82) is 0 Å². The summed E-state index contributed by atoms with van der Waals surface area (Å²) in [6.45, 7) is 9.17. The van der Waals surface area contributed by atoms with Crippen LogP contribution in [0.4, 0.5) is 0 Å². The third kappa shape index (κ3) is 2.93. The van der Waals surface area contributed by atoms with Crippen LogP contribution in [0.25, 0.3) is 0 Å². The molecule has 0 aromatic heterocycles. The van der Waals surface area contributed by atoms with Crippen LogP contribution in [0.15, 0.2) is 0 Å². The highest BCUT2D eigenvalue weighted by atomic mass is 16.5. The molecule has 0 aromatic rings. The van der Waals surface area contributed by atoms with Gasteiger partial charge in [-0.05, 0) is 25.9 Å². The van der Waals surface area contributed by atoms with E-state index in [2.05, 4.69) is 10.6 Å². The molecule has 0 atom stereocenters. The lowest BCUT2D eigenvalue weighted by Crippen LogP contribution is -2.50. The summed E-state index contributed by atoms with van der Waals surface area (Å²) >= 11 is 0. The third-order valence-electron chi connectivity index (χ3n) is 2.78. The van der Waals surface area contributed by atoms with Crippen molar-refractivity contribution < 1.29 is 4.74 Å². The Morgan fingerprint density at radius 2 is 1.77 bits per heavy atom. The van der Waals surface area contributed by atoms with Crippen LogP contribution in [0.5, 0.6) is 0 Å². The summed E-state index contributed by atoms with van der Waals surface area (Å²) in [5, 5.41) is 6.67. The van der Waals surface area contributed by atoms with Crippen molar-refractivity contribution in [1.82, 2.24) is 10.6 Å². The standard InChI is InChI=1S/C8H16N2O.C2H6/c1-3-9-4-2-8(1)5-10-7-11-6-8;1-2/h9-10H,1-7H2;1-2H3. The largest absolute Gasteiger partial charge is 0.366 e. The van der Waals surface area contributed by atoms with E-state index >= 15 is 0 Å². The van der Waals surface area contributed by atoms with E-state index in [4.69, 9.17) is 4.74 Å². The molecule has 78 valence electrons. The smallest absolute Gasteiger partial charge is 0.0965 e. The van der Waals surface area contributed by atoms with Crippen molar-refractivity contribution in [2.75, 3.05) is 33.0 Å². The number of hydrogen-bond acceptors (Lipinski definition) is 3. The molecule has 0 aromatic carbocycles. The number of nitrogens with one attached hydrogen (secondary N) is 2. The predicted molar refractivity (Wildman–Crippen MR) is 54.7 cm³/mol. The van der Waals surface area contributed by atoms with E-state index in [1.165, 1.54) is 12.8 Å². The van der Waals surface area contributed by atoms with Gasteiger partial charge >= 0.3 is 0 Å². The SMILES string of the molecule is C1CC2(CCN1)CNCOC2.CC. The van der Waals surface area contributed by atoms with Crippen LogP contribution >= 0.6 is 0 Å². The minimum absolute atomic E-state index is 0.462. The summed E-state index contributed by atoms with van der Waals surface area (Å²) in [6, 6.07) is 0. The second-order valence-electron chi connectivity index (χ2n) is 3.67. The van der Waals surface area contributed by atoms with Crippen LogP contribution < -0.4 is 10.6 Å². The maximum Gasteiger partial charge on any atom is 0.0965 e. The average Bonchev–Trinajstić information content (AvgIpc) is 2.23. The molecule has 0 unspecified atom stereocenters. The molecule has 0 aliphatic carbocycles. The van der Waals surface area contributed by atoms with E-state index in [1.807, 2.05) is 13.8 Å². The molecule has 3 nitrogen and oxygen atoms in total. The Labute approximate surface area is 81.2 Å². The molecule has 2 saturated heterocycles. The molecule has 13 heavy (non-hydrogen) atoms. The maximum absolute atomic E-state index is 5.42. The fourth-order valence-electron chi connectivity index (χ4n) is 1.99. The fourth-order valence-corrected chi connectivity index (χ4v) is 1.99. The summed E-state index contributed by atoms with van der Waals surface area (Å²) in [4.78, 5) is 0. The predicted octanol–water partition coefficient (Wildman–Crippen LogP) is 0.960. The van der Waals surface area contributed by atoms with Gasteiger partial charge in [-0.3, -0.25) is 5.32 Å². The van der Waals surface area contributed by atoms with Crippen molar-refractivity contribution in [3.63, 3.8) is 0 Å². The molecule has 0 radical (unpaired) electrons. The van der Waals surface area contributed by atoms with Gasteiger partial charge in [0.05, 0.1) is 13.3 Å². The van der Waals surface area contributed by atoms with Crippen LogP contribution in [-0.4, -0.2) is 33.0 Å². The Kier molecular flexibility index (Phi) is 4.70. The van der Waals surface area contributed by atoms with Crippen molar-refractivity contribution in [3.05, 3.63) is 0 Å². The van der Waals surface area contributed by atoms with Crippen molar-refractivity contribution >= 4 is 0 Å². The highest BCUT2D eigenvalue weighted by Crippen LogP contribution is 2.29. The molecule has 1 spiro atoms. The van der Waals surface area contributed by atoms with E-state index in [-0.39, 0.29) is 0 Å². The summed E-state index contributed by atoms with van der Waals surface area (Å²) in [5.41, 5.74) is 0.462. The van der Waals surface area contributed by atoms with E-state index < -0.39 is 0 Å². The summed E-state index contributed by atoms with van der Waals surface area (Å²) in [6.07, 6.45) is 2.53. The number of ether oxygens (including phenoxy) is 1. The van der Waals surface area contributed by atoms with Crippen LogP contribution in [0.3, 0.4) is 0 Å². The first-order valence-corrected chi connectivity index (χ1v) is 5.41.